The first kappa shape index (κ1) is 11.7. The molecule has 6 nitrogen and oxygen atoms in total. The Morgan fingerprint density at radius 1 is 0.810 bits per heavy atom. The van der Waals surface area contributed by atoms with Crippen LogP contribution in [0.1, 0.15) is 0 Å². The van der Waals surface area contributed by atoms with Crippen LogP contribution in [-0.4, -0.2) is 29.9 Å². The Kier molecular flexibility index (Phi) is 2.64. The second-order valence-corrected chi connectivity index (χ2v) is 4.45. The van der Waals surface area contributed by atoms with Crippen molar-refractivity contribution in [2.45, 2.75) is 0 Å². The minimum absolute atomic E-state index is 0.639. The van der Waals surface area contributed by atoms with Crippen LogP contribution in [0.2, 0.25) is 0 Å². The molecule has 21 heavy (non-hydrogen) atoms. The fraction of sp³-hybridized carbons (Fsp3) is 0. The van der Waals surface area contributed by atoms with Crippen LogP contribution in [0, 0.1) is 0 Å². The first-order valence-corrected chi connectivity index (χ1v) is 6.47. The van der Waals surface area contributed by atoms with E-state index in [9.17, 15) is 0 Å². The van der Waals surface area contributed by atoms with Crippen molar-refractivity contribution in [3.63, 3.8) is 0 Å². The van der Waals surface area contributed by atoms with Gasteiger partial charge in [-0.15, -0.1) is 5.10 Å². The van der Waals surface area contributed by atoms with Gasteiger partial charge in [-0.2, -0.15) is 4.68 Å². The van der Waals surface area contributed by atoms with E-state index in [1.807, 2.05) is 48.5 Å². The van der Waals surface area contributed by atoms with Gasteiger partial charge in [-0.05, 0) is 24.3 Å². The zero-order chi connectivity index (χ0) is 14.1. The molecule has 0 N–H and O–H groups in total. The van der Waals surface area contributed by atoms with Crippen molar-refractivity contribution in [3.8, 4) is 17.1 Å². The summed E-state index contributed by atoms with van der Waals surface area (Å²) in [6.07, 6.45) is 3.24. The van der Waals surface area contributed by atoms with Gasteiger partial charge in [-0.25, -0.2) is 9.97 Å². The summed E-state index contributed by atoms with van der Waals surface area (Å²) in [7, 11) is 0. The number of nitrogens with zero attached hydrogens (tertiary/aromatic N) is 6. The third-order valence-corrected chi connectivity index (χ3v) is 3.15. The van der Waals surface area contributed by atoms with Gasteiger partial charge in [0.1, 0.15) is 12.0 Å². The molecule has 100 valence electrons. The Hall–Kier alpha value is -3.15. The third-order valence-electron chi connectivity index (χ3n) is 3.15. The van der Waals surface area contributed by atoms with Gasteiger partial charge >= 0.3 is 0 Å². The highest BCUT2D eigenvalue weighted by molar-refractivity contribution is 5.85. The number of benzene rings is 1. The van der Waals surface area contributed by atoms with E-state index in [0.717, 1.165) is 11.4 Å². The maximum atomic E-state index is 4.31. The van der Waals surface area contributed by atoms with Crippen LogP contribution in [0.25, 0.3) is 28.2 Å². The lowest BCUT2D eigenvalue weighted by Crippen LogP contribution is -1.98. The number of rotatable bonds is 2. The maximum Gasteiger partial charge on any atom is 0.187 e. The first-order valence-electron chi connectivity index (χ1n) is 6.47. The molecule has 6 heteroatoms. The highest BCUT2D eigenvalue weighted by Gasteiger charge is 2.14. The molecule has 0 atom stereocenters. The predicted octanol–water partition coefficient (Wildman–Crippen LogP) is 2.27. The van der Waals surface area contributed by atoms with E-state index in [2.05, 4.69) is 25.3 Å². The lowest BCUT2D eigenvalue weighted by Gasteiger charge is -2.02. The molecule has 0 fully saturated rings. The summed E-state index contributed by atoms with van der Waals surface area (Å²) in [6, 6.07) is 15.4. The molecule has 0 aliphatic carbocycles. The monoisotopic (exact) mass is 274 g/mol. The Balaban J connectivity index is 1.96. The lowest BCUT2D eigenvalue weighted by molar-refractivity contribution is 0.817. The smallest absolute Gasteiger partial charge is 0.187 e. The van der Waals surface area contributed by atoms with E-state index < -0.39 is 0 Å². The van der Waals surface area contributed by atoms with Crippen LogP contribution in [0.3, 0.4) is 0 Å². The summed E-state index contributed by atoms with van der Waals surface area (Å²) in [4.78, 5) is 12.9. The number of hydrogen-bond acceptors (Lipinski definition) is 5. The topological polar surface area (TPSA) is 69.4 Å². The largest absolute Gasteiger partial charge is 0.255 e. The van der Waals surface area contributed by atoms with E-state index in [4.69, 9.17) is 0 Å². The van der Waals surface area contributed by atoms with Gasteiger partial charge < -0.3 is 0 Å². The quantitative estimate of drug-likeness (QED) is 0.561. The van der Waals surface area contributed by atoms with Crippen molar-refractivity contribution in [1.29, 1.82) is 0 Å². The van der Waals surface area contributed by atoms with Crippen LogP contribution in [-0.2, 0) is 0 Å². The van der Waals surface area contributed by atoms with Crippen molar-refractivity contribution in [2.75, 3.05) is 0 Å². The SMILES string of the molecule is c1ccc(-n2nnc3c(-c4ccccn4)ncnc32)cc1. The lowest BCUT2D eigenvalue weighted by atomic mass is 10.2. The summed E-state index contributed by atoms with van der Waals surface area (Å²) in [6.45, 7) is 0. The van der Waals surface area contributed by atoms with E-state index in [0.29, 0.717) is 16.9 Å². The van der Waals surface area contributed by atoms with E-state index >= 15 is 0 Å². The van der Waals surface area contributed by atoms with Gasteiger partial charge in [0.25, 0.3) is 0 Å². The molecule has 0 aliphatic heterocycles. The molecule has 3 aromatic heterocycles. The maximum absolute atomic E-state index is 4.31. The average Bonchev–Trinajstić information content (AvgIpc) is 3.00. The van der Waals surface area contributed by atoms with Crippen LogP contribution < -0.4 is 0 Å². The van der Waals surface area contributed by atoms with Gasteiger partial charge in [-0.1, -0.05) is 29.5 Å². The van der Waals surface area contributed by atoms with Gasteiger partial charge in [0.2, 0.25) is 0 Å². The highest BCUT2D eigenvalue weighted by atomic mass is 15.4. The van der Waals surface area contributed by atoms with Gasteiger partial charge in [0, 0.05) is 6.20 Å². The molecular weight excluding hydrogens is 264 g/mol. The zero-order valence-corrected chi connectivity index (χ0v) is 11.0. The average molecular weight is 274 g/mol. The van der Waals surface area contributed by atoms with E-state index in [1.165, 1.54) is 6.33 Å². The molecule has 0 saturated heterocycles. The summed E-state index contributed by atoms with van der Waals surface area (Å²) in [5, 5.41) is 8.41. The number of para-hydroxylation sites is 1. The fourth-order valence-corrected chi connectivity index (χ4v) is 2.18. The van der Waals surface area contributed by atoms with Gasteiger partial charge in [-0.3, -0.25) is 4.98 Å². The first-order chi connectivity index (χ1) is 10.4. The van der Waals surface area contributed by atoms with Gasteiger partial charge in [0.15, 0.2) is 11.2 Å². The number of pyridine rings is 1. The van der Waals surface area contributed by atoms with Crippen LogP contribution >= 0.6 is 0 Å². The van der Waals surface area contributed by atoms with Crippen molar-refractivity contribution in [2.24, 2.45) is 0 Å². The minimum atomic E-state index is 0.639. The van der Waals surface area contributed by atoms with Crippen LogP contribution in [0.15, 0.2) is 61.1 Å². The molecule has 4 rings (SSSR count). The Morgan fingerprint density at radius 2 is 1.67 bits per heavy atom. The molecule has 3 heterocycles. The molecule has 0 bridgehead atoms. The molecule has 0 radical (unpaired) electrons. The molecule has 0 unspecified atom stereocenters. The molecule has 0 saturated carbocycles. The zero-order valence-electron chi connectivity index (χ0n) is 11.0. The molecule has 0 amide bonds. The van der Waals surface area contributed by atoms with Crippen molar-refractivity contribution in [3.05, 3.63) is 61.1 Å². The number of aromatic nitrogens is 6. The number of hydrogen-bond donors (Lipinski definition) is 0. The fourth-order valence-electron chi connectivity index (χ4n) is 2.18. The summed E-state index contributed by atoms with van der Waals surface area (Å²) < 4.78 is 1.70. The van der Waals surface area contributed by atoms with Crippen molar-refractivity contribution in [1.82, 2.24) is 29.9 Å². The van der Waals surface area contributed by atoms with Crippen LogP contribution in [0.4, 0.5) is 0 Å². The highest BCUT2D eigenvalue weighted by Crippen LogP contribution is 2.22. The predicted molar refractivity (Wildman–Crippen MR) is 77.7 cm³/mol. The standard InChI is InChI=1S/C15H10N6/c1-2-6-11(7-3-1)21-15-14(19-20-21)13(17-10-18-15)12-8-4-5-9-16-12/h1-10H. The van der Waals surface area contributed by atoms with E-state index in [1.54, 1.807) is 10.9 Å². The molecule has 4 aromatic rings. The summed E-state index contributed by atoms with van der Waals surface area (Å²) in [5.74, 6) is 0. The second kappa shape index (κ2) is 4.75. The Bertz CT molecular complexity index is 886. The Morgan fingerprint density at radius 3 is 2.48 bits per heavy atom. The van der Waals surface area contributed by atoms with Crippen molar-refractivity contribution >= 4 is 11.2 Å². The van der Waals surface area contributed by atoms with Crippen LogP contribution in [0.5, 0.6) is 0 Å². The molecule has 0 spiro atoms. The van der Waals surface area contributed by atoms with Gasteiger partial charge in [0.05, 0.1) is 11.4 Å². The van der Waals surface area contributed by atoms with E-state index in [-0.39, 0.29) is 0 Å². The Labute approximate surface area is 120 Å². The molecule has 0 aliphatic rings. The minimum Gasteiger partial charge on any atom is -0.255 e. The molecular formula is C15H10N6. The number of fused-ring (bicyclic) bond motifs is 1. The third kappa shape index (κ3) is 1.93. The normalized spacial score (nSPS) is 10.9. The summed E-state index contributed by atoms with van der Waals surface area (Å²) >= 11 is 0. The molecule has 1 aromatic carbocycles. The second-order valence-electron chi connectivity index (χ2n) is 4.45. The summed E-state index contributed by atoms with van der Waals surface area (Å²) in [5.41, 5.74) is 3.65. The van der Waals surface area contributed by atoms with Crippen molar-refractivity contribution < 1.29 is 0 Å².